The summed E-state index contributed by atoms with van der Waals surface area (Å²) >= 11 is 6.29. The third-order valence-corrected chi connectivity index (χ3v) is 8.50. The fourth-order valence-corrected chi connectivity index (χ4v) is 6.20. The van der Waals surface area contributed by atoms with Gasteiger partial charge in [-0.3, -0.25) is 14.4 Å². The van der Waals surface area contributed by atoms with Crippen LogP contribution in [0.1, 0.15) is 60.9 Å². The number of aromatic nitrogens is 2. The molecule has 1 aliphatic carbocycles. The van der Waals surface area contributed by atoms with Crippen LogP contribution >= 0.6 is 11.6 Å². The number of fused-ring (bicyclic) bond motifs is 1. The molecule has 3 aromatic rings. The van der Waals surface area contributed by atoms with Gasteiger partial charge in [0, 0.05) is 38.7 Å². The quantitative estimate of drug-likeness (QED) is 0.328. The smallest absolute Gasteiger partial charge is 0.268 e. The molecule has 1 saturated carbocycles. The van der Waals surface area contributed by atoms with E-state index in [4.69, 9.17) is 11.6 Å². The Hall–Kier alpha value is -3.92. The van der Waals surface area contributed by atoms with Crippen LogP contribution in [-0.4, -0.2) is 39.8 Å². The molecular formula is C30H33ClFN5O4. The van der Waals surface area contributed by atoms with Crippen LogP contribution in [0.5, 0.6) is 0 Å². The maximum absolute atomic E-state index is 15.3. The number of pyridine rings is 1. The van der Waals surface area contributed by atoms with Crippen molar-refractivity contribution in [1.82, 2.24) is 14.8 Å². The van der Waals surface area contributed by atoms with E-state index in [1.807, 2.05) is 10.6 Å². The summed E-state index contributed by atoms with van der Waals surface area (Å²) < 4.78 is 17.8. The Morgan fingerprint density at radius 3 is 2.56 bits per heavy atom. The van der Waals surface area contributed by atoms with E-state index in [1.165, 1.54) is 31.3 Å². The third-order valence-electron chi connectivity index (χ3n) is 8.19. The van der Waals surface area contributed by atoms with E-state index < -0.39 is 17.8 Å². The van der Waals surface area contributed by atoms with Crippen molar-refractivity contribution in [3.8, 4) is 11.1 Å². The molecule has 1 fully saturated rings. The number of hydrogen-bond acceptors (Lipinski definition) is 4. The summed E-state index contributed by atoms with van der Waals surface area (Å²) in [5, 5.41) is 18.0. The lowest BCUT2D eigenvalue weighted by atomic mass is 9.83. The van der Waals surface area contributed by atoms with Gasteiger partial charge < -0.3 is 25.3 Å². The Bertz CT molecular complexity index is 1500. The number of hydrogen-bond donors (Lipinski definition) is 2. The first-order chi connectivity index (χ1) is 19.6. The lowest BCUT2D eigenvalue weighted by molar-refractivity contribution is -0.611. The minimum Gasteiger partial charge on any atom is -0.618 e. The maximum atomic E-state index is 15.3. The van der Waals surface area contributed by atoms with Crippen LogP contribution in [0.4, 0.5) is 10.1 Å². The second kappa shape index (κ2) is 11.9. The summed E-state index contributed by atoms with van der Waals surface area (Å²) in [6.07, 6.45) is 5.81. The molecule has 1 aromatic carbocycles. The molecule has 1 unspecified atom stereocenters. The minimum absolute atomic E-state index is 0.0196. The summed E-state index contributed by atoms with van der Waals surface area (Å²) in [5.74, 6) is -1.66. The van der Waals surface area contributed by atoms with Crippen molar-refractivity contribution in [2.45, 2.75) is 65.1 Å². The van der Waals surface area contributed by atoms with Crippen molar-refractivity contribution >= 4 is 35.0 Å². The monoisotopic (exact) mass is 581 g/mol. The standard InChI is InChI=1S/C30H33ClFN5O4/c1-18-27(23(31)12-13-37(18)41)21-8-10-25(24(32)16-21)33-30(40)28(20-6-4-3-5-7-20)34-29(39)26-11-9-22-17-35(19(2)38)14-15-36(22)26/h8-13,16,20,28H,3-7,14-15,17H2,1-2H3,(H,33,40)(H,34,39). The van der Waals surface area contributed by atoms with E-state index in [0.717, 1.165) is 37.8 Å². The molecule has 3 amide bonds. The van der Waals surface area contributed by atoms with Crippen molar-refractivity contribution in [3.63, 3.8) is 0 Å². The molecular weight excluding hydrogens is 549 g/mol. The lowest BCUT2D eigenvalue weighted by Crippen LogP contribution is -2.49. The highest BCUT2D eigenvalue weighted by Gasteiger charge is 2.33. The molecule has 216 valence electrons. The zero-order chi connectivity index (χ0) is 29.3. The predicted molar refractivity (Wildman–Crippen MR) is 153 cm³/mol. The molecule has 2 aromatic heterocycles. The van der Waals surface area contributed by atoms with Crippen LogP contribution < -0.4 is 15.4 Å². The number of benzene rings is 1. The number of anilines is 1. The topological polar surface area (TPSA) is 110 Å². The van der Waals surface area contributed by atoms with Crippen LogP contribution in [0.2, 0.25) is 5.02 Å². The molecule has 1 atom stereocenters. The highest BCUT2D eigenvalue weighted by molar-refractivity contribution is 6.33. The molecule has 9 nitrogen and oxygen atoms in total. The third kappa shape index (κ3) is 5.93. The lowest BCUT2D eigenvalue weighted by Gasteiger charge is -2.31. The van der Waals surface area contributed by atoms with Gasteiger partial charge in [0.1, 0.15) is 17.6 Å². The summed E-state index contributed by atoms with van der Waals surface area (Å²) in [5.41, 5.74) is 2.40. The number of carbonyl (C=O) groups excluding carboxylic acids is 3. The number of amides is 3. The summed E-state index contributed by atoms with van der Waals surface area (Å²) in [4.78, 5) is 40.6. The van der Waals surface area contributed by atoms with Gasteiger partial charge in [0.25, 0.3) is 5.91 Å². The molecule has 0 spiro atoms. The number of halogens is 2. The first-order valence-corrected chi connectivity index (χ1v) is 14.3. The number of nitrogens with one attached hydrogen (secondary N) is 2. The van der Waals surface area contributed by atoms with Crippen LogP contribution in [-0.2, 0) is 22.7 Å². The van der Waals surface area contributed by atoms with Gasteiger partial charge in [0.05, 0.1) is 22.8 Å². The van der Waals surface area contributed by atoms with Crippen LogP contribution in [0.25, 0.3) is 11.1 Å². The van der Waals surface area contributed by atoms with Gasteiger partial charge in [0.15, 0.2) is 11.9 Å². The van der Waals surface area contributed by atoms with E-state index in [9.17, 15) is 19.6 Å². The Morgan fingerprint density at radius 2 is 1.85 bits per heavy atom. The SMILES string of the molecule is CC(=O)N1CCn2c(ccc2C(=O)NC(C(=O)Nc2ccc(-c3c(Cl)cc[n+]([O-])c3C)cc2F)C2CCCCC2)C1. The highest BCUT2D eigenvalue weighted by Crippen LogP contribution is 2.32. The minimum atomic E-state index is -0.851. The fourth-order valence-electron chi connectivity index (χ4n) is 5.89. The first kappa shape index (κ1) is 28.6. The molecule has 1 aliphatic heterocycles. The molecule has 3 heterocycles. The van der Waals surface area contributed by atoms with Gasteiger partial charge in [-0.15, -0.1) is 0 Å². The number of rotatable bonds is 6. The zero-order valence-corrected chi connectivity index (χ0v) is 23.8. The van der Waals surface area contributed by atoms with E-state index in [2.05, 4.69) is 10.6 Å². The van der Waals surface area contributed by atoms with Gasteiger partial charge in [-0.2, -0.15) is 4.73 Å². The van der Waals surface area contributed by atoms with Crippen LogP contribution in [0.15, 0.2) is 42.6 Å². The average Bonchev–Trinajstić information content (AvgIpc) is 3.39. The average molecular weight is 582 g/mol. The molecule has 0 saturated heterocycles. The molecule has 5 rings (SSSR count). The second-order valence-corrected chi connectivity index (χ2v) is 11.2. The summed E-state index contributed by atoms with van der Waals surface area (Å²) in [7, 11) is 0. The van der Waals surface area contributed by atoms with E-state index in [0.29, 0.717) is 51.9 Å². The summed E-state index contributed by atoms with van der Waals surface area (Å²) in [6, 6.07) is 8.40. The Balaban J connectivity index is 1.36. The fraction of sp³-hybridized carbons (Fsp3) is 0.400. The van der Waals surface area contributed by atoms with Crippen LogP contribution in [0.3, 0.4) is 0 Å². The first-order valence-electron chi connectivity index (χ1n) is 13.9. The molecule has 41 heavy (non-hydrogen) atoms. The molecule has 2 N–H and O–H groups in total. The molecule has 11 heteroatoms. The Morgan fingerprint density at radius 1 is 1.10 bits per heavy atom. The van der Waals surface area contributed by atoms with Gasteiger partial charge in [0.2, 0.25) is 11.8 Å². The van der Waals surface area contributed by atoms with Crippen molar-refractivity contribution in [2.75, 3.05) is 11.9 Å². The molecule has 0 bridgehead atoms. The van der Waals surface area contributed by atoms with E-state index >= 15 is 4.39 Å². The van der Waals surface area contributed by atoms with Gasteiger partial charge in [-0.25, -0.2) is 4.39 Å². The Labute approximate surface area is 242 Å². The Kier molecular flexibility index (Phi) is 8.30. The maximum Gasteiger partial charge on any atom is 0.268 e. The van der Waals surface area contributed by atoms with Crippen molar-refractivity contribution in [3.05, 3.63) is 75.7 Å². The van der Waals surface area contributed by atoms with Crippen LogP contribution in [0, 0.1) is 23.9 Å². The summed E-state index contributed by atoms with van der Waals surface area (Å²) in [6.45, 7) is 4.53. The van der Waals surface area contributed by atoms with Gasteiger partial charge >= 0.3 is 0 Å². The number of nitrogens with zero attached hydrogens (tertiary/aromatic N) is 3. The predicted octanol–water partition coefficient (Wildman–Crippen LogP) is 4.57. The van der Waals surface area contributed by atoms with E-state index in [-0.39, 0.29) is 23.4 Å². The number of carbonyl (C=O) groups is 3. The highest BCUT2D eigenvalue weighted by atomic mass is 35.5. The van der Waals surface area contributed by atoms with E-state index in [1.54, 1.807) is 24.0 Å². The molecule has 2 aliphatic rings. The second-order valence-electron chi connectivity index (χ2n) is 10.8. The van der Waals surface area contributed by atoms with Crippen molar-refractivity contribution in [1.29, 1.82) is 0 Å². The normalized spacial score (nSPS) is 16.1. The zero-order valence-electron chi connectivity index (χ0n) is 23.1. The largest absolute Gasteiger partial charge is 0.618 e. The van der Waals surface area contributed by atoms with Crippen molar-refractivity contribution < 1.29 is 23.5 Å². The van der Waals surface area contributed by atoms with Gasteiger partial charge in [-0.1, -0.05) is 36.9 Å². The van der Waals surface area contributed by atoms with Crippen molar-refractivity contribution in [2.24, 2.45) is 5.92 Å². The molecule has 0 radical (unpaired) electrons. The van der Waals surface area contributed by atoms with Gasteiger partial charge in [-0.05, 0) is 48.6 Å².